The third-order valence-corrected chi connectivity index (χ3v) is 3.78. The minimum atomic E-state index is -0.928. The summed E-state index contributed by atoms with van der Waals surface area (Å²) in [5, 5.41) is 9.79. The van der Waals surface area contributed by atoms with E-state index in [1.807, 2.05) is 30.3 Å². The minimum Gasteiger partial charge on any atom is -0.486 e. The number of rotatable bonds is 4. The predicted molar refractivity (Wildman–Crippen MR) is 77.4 cm³/mol. The number of aromatic nitrogens is 1. The molecule has 1 N–H and O–H groups in total. The van der Waals surface area contributed by atoms with Crippen molar-refractivity contribution in [3.63, 3.8) is 0 Å². The molecule has 2 aromatic carbocycles. The second-order valence-electron chi connectivity index (χ2n) is 4.20. The maximum absolute atomic E-state index is 10.9. The van der Waals surface area contributed by atoms with Crippen LogP contribution in [0.15, 0.2) is 48.5 Å². The molecule has 0 saturated carbocycles. The normalized spacial score (nSPS) is 10.6. The Labute approximate surface area is 119 Å². The van der Waals surface area contributed by atoms with Gasteiger partial charge in [0.1, 0.15) is 17.4 Å². The van der Waals surface area contributed by atoms with Gasteiger partial charge in [0.25, 0.3) is 0 Å². The number of nitrogens with zero attached hydrogens (tertiary/aromatic N) is 1. The Hall–Kier alpha value is -2.40. The monoisotopic (exact) mass is 285 g/mol. The van der Waals surface area contributed by atoms with Crippen molar-refractivity contribution in [2.75, 3.05) is 0 Å². The first-order valence-corrected chi connectivity index (χ1v) is 6.84. The highest BCUT2D eigenvalue weighted by Crippen LogP contribution is 2.24. The zero-order valence-corrected chi connectivity index (χ0v) is 11.3. The Morgan fingerprint density at radius 3 is 2.75 bits per heavy atom. The van der Waals surface area contributed by atoms with Gasteiger partial charge >= 0.3 is 5.97 Å². The summed E-state index contributed by atoms with van der Waals surface area (Å²) in [6, 6.07) is 14.4. The molecule has 4 nitrogen and oxygen atoms in total. The number of aromatic carboxylic acids is 1. The molecule has 0 aliphatic carbocycles. The molecule has 0 amide bonds. The van der Waals surface area contributed by atoms with Gasteiger partial charge in [-0.15, -0.1) is 11.3 Å². The summed E-state index contributed by atoms with van der Waals surface area (Å²) in [6.07, 6.45) is 0. The van der Waals surface area contributed by atoms with E-state index < -0.39 is 5.97 Å². The average Bonchev–Trinajstić information content (AvgIpc) is 2.88. The first-order chi connectivity index (χ1) is 9.72. The Balaban J connectivity index is 1.80. The molecule has 20 heavy (non-hydrogen) atoms. The molecule has 1 aromatic heterocycles. The molecule has 0 spiro atoms. The zero-order valence-electron chi connectivity index (χ0n) is 10.4. The molecule has 0 fully saturated rings. The summed E-state index contributed by atoms with van der Waals surface area (Å²) in [4.78, 5) is 15.4. The molecular weight excluding hydrogens is 274 g/mol. The van der Waals surface area contributed by atoms with Gasteiger partial charge in [-0.1, -0.05) is 18.2 Å². The van der Waals surface area contributed by atoms with Crippen molar-refractivity contribution in [1.82, 2.24) is 4.98 Å². The van der Waals surface area contributed by atoms with E-state index in [2.05, 4.69) is 4.98 Å². The van der Waals surface area contributed by atoms with E-state index in [1.54, 1.807) is 18.2 Å². The highest BCUT2D eigenvalue weighted by Gasteiger charge is 2.08. The van der Waals surface area contributed by atoms with Gasteiger partial charge in [-0.2, -0.15) is 0 Å². The average molecular weight is 285 g/mol. The fourth-order valence-corrected chi connectivity index (χ4v) is 2.75. The molecule has 3 rings (SSSR count). The van der Waals surface area contributed by atoms with Gasteiger partial charge in [-0.3, -0.25) is 0 Å². The van der Waals surface area contributed by atoms with Crippen LogP contribution in [0, 0.1) is 0 Å². The number of carboxylic acids is 1. The third-order valence-electron chi connectivity index (χ3n) is 2.79. The van der Waals surface area contributed by atoms with Crippen LogP contribution >= 0.6 is 11.3 Å². The molecule has 0 saturated heterocycles. The van der Waals surface area contributed by atoms with Gasteiger partial charge in [0.2, 0.25) is 0 Å². The minimum absolute atomic E-state index is 0.275. The number of carbonyl (C=O) groups is 1. The van der Waals surface area contributed by atoms with E-state index in [1.165, 1.54) is 11.3 Å². The lowest BCUT2D eigenvalue weighted by atomic mass is 10.2. The lowest BCUT2D eigenvalue weighted by Gasteiger charge is -2.02. The SMILES string of the molecule is O=C(O)c1ccc2nc(COc3ccccc3)sc2c1. The summed E-state index contributed by atoms with van der Waals surface area (Å²) >= 11 is 1.45. The number of hydrogen-bond acceptors (Lipinski definition) is 4. The van der Waals surface area contributed by atoms with Gasteiger partial charge in [-0.05, 0) is 30.3 Å². The molecule has 1 heterocycles. The summed E-state index contributed by atoms with van der Waals surface area (Å²) < 4.78 is 6.49. The molecular formula is C15H11NO3S. The van der Waals surface area contributed by atoms with Crippen LogP contribution in [0.4, 0.5) is 0 Å². The van der Waals surface area contributed by atoms with Crippen molar-refractivity contribution in [2.45, 2.75) is 6.61 Å². The summed E-state index contributed by atoms with van der Waals surface area (Å²) in [6.45, 7) is 0.381. The number of hydrogen-bond donors (Lipinski definition) is 1. The van der Waals surface area contributed by atoms with E-state index in [0.29, 0.717) is 6.61 Å². The predicted octanol–water partition coefficient (Wildman–Crippen LogP) is 3.57. The molecule has 0 aliphatic heterocycles. The van der Waals surface area contributed by atoms with Gasteiger partial charge < -0.3 is 9.84 Å². The molecule has 0 atom stereocenters. The van der Waals surface area contributed by atoms with Crippen LogP contribution in [0.1, 0.15) is 15.4 Å². The largest absolute Gasteiger partial charge is 0.486 e. The molecule has 0 aliphatic rings. The second kappa shape index (κ2) is 5.30. The van der Waals surface area contributed by atoms with Crippen LogP contribution in [0.25, 0.3) is 10.2 Å². The van der Waals surface area contributed by atoms with Crippen molar-refractivity contribution < 1.29 is 14.6 Å². The van der Waals surface area contributed by atoms with Crippen molar-refractivity contribution in [1.29, 1.82) is 0 Å². The van der Waals surface area contributed by atoms with Crippen LogP contribution in [0.5, 0.6) is 5.75 Å². The molecule has 3 aromatic rings. The van der Waals surface area contributed by atoms with Crippen molar-refractivity contribution >= 4 is 27.5 Å². The topological polar surface area (TPSA) is 59.4 Å². The van der Waals surface area contributed by atoms with E-state index in [9.17, 15) is 4.79 Å². The molecule has 0 unspecified atom stereocenters. The first kappa shape index (κ1) is 12.6. The Morgan fingerprint density at radius 2 is 2.00 bits per heavy atom. The molecule has 100 valence electrons. The van der Waals surface area contributed by atoms with Crippen LogP contribution in [-0.2, 0) is 6.61 Å². The lowest BCUT2D eigenvalue weighted by Crippen LogP contribution is -1.94. The molecule has 0 bridgehead atoms. The second-order valence-corrected chi connectivity index (χ2v) is 5.31. The highest BCUT2D eigenvalue weighted by atomic mass is 32.1. The van der Waals surface area contributed by atoms with E-state index in [0.717, 1.165) is 21.0 Å². The number of benzene rings is 2. The number of fused-ring (bicyclic) bond motifs is 1. The van der Waals surface area contributed by atoms with E-state index in [-0.39, 0.29) is 5.56 Å². The number of para-hydroxylation sites is 1. The smallest absolute Gasteiger partial charge is 0.335 e. The fourth-order valence-electron chi connectivity index (χ4n) is 1.83. The van der Waals surface area contributed by atoms with Gasteiger partial charge in [0.05, 0.1) is 15.8 Å². The Kier molecular flexibility index (Phi) is 3.35. The van der Waals surface area contributed by atoms with Gasteiger partial charge in [0.15, 0.2) is 0 Å². The summed E-state index contributed by atoms with van der Waals surface area (Å²) in [5.41, 5.74) is 1.07. The van der Waals surface area contributed by atoms with E-state index in [4.69, 9.17) is 9.84 Å². The van der Waals surface area contributed by atoms with Crippen LogP contribution in [-0.4, -0.2) is 16.1 Å². The fraction of sp³-hybridized carbons (Fsp3) is 0.0667. The zero-order chi connectivity index (χ0) is 13.9. The highest BCUT2D eigenvalue weighted by molar-refractivity contribution is 7.18. The number of ether oxygens (including phenoxy) is 1. The van der Waals surface area contributed by atoms with Gasteiger partial charge in [0, 0.05) is 0 Å². The van der Waals surface area contributed by atoms with Gasteiger partial charge in [-0.25, -0.2) is 9.78 Å². The standard InChI is InChI=1S/C15H11NO3S/c17-15(18)10-6-7-12-13(8-10)20-14(16-12)9-19-11-4-2-1-3-5-11/h1-8H,9H2,(H,17,18). The Morgan fingerprint density at radius 1 is 1.20 bits per heavy atom. The van der Waals surface area contributed by atoms with E-state index >= 15 is 0 Å². The van der Waals surface area contributed by atoms with Crippen LogP contribution in [0.2, 0.25) is 0 Å². The quantitative estimate of drug-likeness (QED) is 0.796. The first-order valence-electron chi connectivity index (χ1n) is 6.03. The number of carboxylic acid groups (broad SMARTS) is 1. The van der Waals surface area contributed by atoms with Crippen molar-refractivity contribution in [3.05, 3.63) is 59.1 Å². The molecule has 0 radical (unpaired) electrons. The van der Waals surface area contributed by atoms with Crippen LogP contribution in [0.3, 0.4) is 0 Å². The maximum Gasteiger partial charge on any atom is 0.335 e. The lowest BCUT2D eigenvalue weighted by molar-refractivity contribution is 0.0697. The number of thiazole rings is 1. The third kappa shape index (κ3) is 2.62. The van der Waals surface area contributed by atoms with Crippen molar-refractivity contribution in [3.8, 4) is 5.75 Å². The maximum atomic E-state index is 10.9. The van der Waals surface area contributed by atoms with Crippen molar-refractivity contribution in [2.24, 2.45) is 0 Å². The molecule has 5 heteroatoms. The Bertz CT molecular complexity index is 752. The van der Waals surface area contributed by atoms with Crippen LogP contribution < -0.4 is 4.74 Å². The summed E-state index contributed by atoms with van der Waals surface area (Å²) in [5.74, 6) is -0.139. The summed E-state index contributed by atoms with van der Waals surface area (Å²) in [7, 11) is 0.